The first kappa shape index (κ1) is 14.8. The van der Waals surface area contributed by atoms with Gasteiger partial charge in [0.1, 0.15) is 0 Å². The van der Waals surface area contributed by atoms with Crippen LogP contribution in [0.25, 0.3) is 0 Å². The first-order valence-corrected chi connectivity index (χ1v) is 7.82. The van der Waals surface area contributed by atoms with E-state index in [2.05, 4.69) is 20.7 Å². The Kier molecular flexibility index (Phi) is 4.29. The lowest BCUT2D eigenvalue weighted by molar-refractivity contribution is 0.385. The standard InChI is InChI=1S/C13H11BrFNO3S/c1-19-13-8-9(6-7-11(13)15)20(17,18)16-12-5-3-2-4-10(12)14/h2-8,16H,1H3. The molecule has 0 saturated heterocycles. The molecule has 0 heterocycles. The van der Waals surface area contributed by atoms with Gasteiger partial charge in [0, 0.05) is 10.5 Å². The Labute approximate surface area is 124 Å². The van der Waals surface area contributed by atoms with Crippen LogP contribution in [0.4, 0.5) is 10.1 Å². The maximum atomic E-state index is 13.3. The highest BCUT2D eigenvalue weighted by Gasteiger charge is 2.17. The van der Waals surface area contributed by atoms with E-state index in [1.165, 1.54) is 13.2 Å². The van der Waals surface area contributed by atoms with E-state index in [1.807, 2.05) is 0 Å². The molecule has 0 fully saturated rings. The van der Waals surface area contributed by atoms with Gasteiger partial charge < -0.3 is 4.74 Å². The monoisotopic (exact) mass is 359 g/mol. The van der Waals surface area contributed by atoms with Crippen molar-refractivity contribution in [1.29, 1.82) is 0 Å². The summed E-state index contributed by atoms with van der Waals surface area (Å²) in [6.07, 6.45) is 0. The molecule has 0 saturated carbocycles. The van der Waals surface area contributed by atoms with E-state index in [4.69, 9.17) is 4.74 Å². The zero-order valence-corrected chi connectivity index (χ0v) is 12.8. The van der Waals surface area contributed by atoms with E-state index in [0.29, 0.717) is 10.2 Å². The second-order valence-electron chi connectivity index (χ2n) is 3.88. The molecule has 0 aliphatic carbocycles. The number of anilines is 1. The molecule has 20 heavy (non-hydrogen) atoms. The Morgan fingerprint density at radius 3 is 2.55 bits per heavy atom. The van der Waals surface area contributed by atoms with Crippen LogP contribution < -0.4 is 9.46 Å². The highest BCUT2D eigenvalue weighted by molar-refractivity contribution is 9.10. The molecule has 2 aromatic carbocycles. The Balaban J connectivity index is 2.38. The van der Waals surface area contributed by atoms with E-state index < -0.39 is 15.8 Å². The smallest absolute Gasteiger partial charge is 0.262 e. The lowest BCUT2D eigenvalue weighted by atomic mass is 10.3. The fourth-order valence-electron chi connectivity index (χ4n) is 1.55. The molecule has 0 aromatic heterocycles. The normalized spacial score (nSPS) is 11.2. The maximum absolute atomic E-state index is 13.3. The average molecular weight is 360 g/mol. The number of benzene rings is 2. The molecule has 0 aliphatic rings. The summed E-state index contributed by atoms with van der Waals surface area (Å²) >= 11 is 3.25. The zero-order chi connectivity index (χ0) is 14.8. The number of sulfonamides is 1. The van der Waals surface area contributed by atoms with E-state index >= 15 is 0 Å². The van der Waals surface area contributed by atoms with Gasteiger partial charge in [-0.2, -0.15) is 0 Å². The summed E-state index contributed by atoms with van der Waals surface area (Å²) in [4.78, 5) is -0.0773. The van der Waals surface area contributed by atoms with Crippen molar-refractivity contribution in [3.05, 3.63) is 52.8 Å². The number of ether oxygens (including phenoxy) is 1. The molecular weight excluding hydrogens is 349 g/mol. The number of methoxy groups -OCH3 is 1. The molecule has 0 aliphatic heterocycles. The molecule has 7 heteroatoms. The number of hydrogen-bond donors (Lipinski definition) is 1. The van der Waals surface area contributed by atoms with Crippen molar-refractivity contribution >= 4 is 31.6 Å². The predicted octanol–water partition coefficient (Wildman–Crippen LogP) is 3.40. The quantitative estimate of drug-likeness (QED) is 0.909. The summed E-state index contributed by atoms with van der Waals surface area (Å²) in [5.41, 5.74) is 0.399. The molecule has 4 nitrogen and oxygen atoms in total. The van der Waals surface area contributed by atoms with E-state index in [1.54, 1.807) is 24.3 Å². The lowest BCUT2D eigenvalue weighted by Gasteiger charge is -2.10. The van der Waals surface area contributed by atoms with Crippen LogP contribution in [0.3, 0.4) is 0 Å². The van der Waals surface area contributed by atoms with Gasteiger partial charge in [-0.05, 0) is 40.2 Å². The molecule has 0 radical (unpaired) electrons. The van der Waals surface area contributed by atoms with Crippen LogP contribution in [0.15, 0.2) is 51.8 Å². The highest BCUT2D eigenvalue weighted by atomic mass is 79.9. The molecule has 2 rings (SSSR count). The first-order chi connectivity index (χ1) is 9.44. The fourth-order valence-corrected chi connectivity index (χ4v) is 3.16. The Bertz CT molecular complexity index is 734. The molecule has 2 aromatic rings. The van der Waals surface area contributed by atoms with Gasteiger partial charge in [0.15, 0.2) is 11.6 Å². The second kappa shape index (κ2) is 5.80. The number of halogens is 2. The average Bonchev–Trinajstić information content (AvgIpc) is 2.41. The molecule has 0 spiro atoms. The summed E-state index contributed by atoms with van der Waals surface area (Å²) < 4.78 is 45.6. The molecule has 0 amide bonds. The minimum Gasteiger partial charge on any atom is -0.494 e. The number of hydrogen-bond acceptors (Lipinski definition) is 3. The minimum absolute atomic E-state index is 0.0773. The Morgan fingerprint density at radius 1 is 1.20 bits per heavy atom. The van der Waals surface area contributed by atoms with Crippen molar-refractivity contribution in [2.24, 2.45) is 0 Å². The minimum atomic E-state index is -3.81. The van der Waals surface area contributed by atoms with Crippen LogP contribution >= 0.6 is 15.9 Å². The van der Waals surface area contributed by atoms with Crippen LogP contribution in [0.2, 0.25) is 0 Å². The number of para-hydroxylation sites is 1. The van der Waals surface area contributed by atoms with Crippen LogP contribution in [0, 0.1) is 5.82 Å². The van der Waals surface area contributed by atoms with Gasteiger partial charge in [0.2, 0.25) is 0 Å². The third-order valence-corrected chi connectivity index (χ3v) is 4.61. The summed E-state index contributed by atoms with van der Waals surface area (Å²) in [5.74, 6) is -0.743. The van der Waals surface area contributed by atoms with Gasteiger partial charge in [-0.15, -0.1) is 0 Å². The predicted molar refractivity (Wildman–Crippen MR) is 77.9 cm³/mol. The van der Waals surface area contributed by atoms with Crippen LogP contribution in [-0.2, 0) is 10.0 Å². The van der Waals surface area contributed by atoms with Crippen LogP contribution in [0.5, 0.6) is 5.75 Å². The molecule has 106 valence electrons. The summed E-state index contributed by atoms with van der Waals surface area (Å²) in [6, 6.07) is 10.2. The van der Waals surface area contributed by atoms with Gasteiger partial charge in [-0.25, -0.2) is 12.8 Å². The Morgan fingerprint density at radius 2 is 1.90 bits per heavy atom. The molecule has 0 atom stereocenters. The van der Waals surface area contributed by atoms with Crippen molar-refractivity contribution in [3.63, 3.8) is 0 Å². The van der Waals surface area contributed by atoms with E-state index in [0.717, 1.165) is 12.1 Å². The topological polar surface area (TPSA) is 55.4 Å². The van der Waals surface area contributed by atoms with Gasteiger partial charge in [-0.3, -0.25) is 4.72 Å². The number of rotatable bonds is 4. The van der Waals surface area contributed by atoms with Crippen LogP contribution in [-0.4, -0.2) is 15.5 Å². The maximum Gasteiger partial charge on any atom is 0.262 e. The third-order valence-electron chi connectivity index (χ3n) is 2.55. The molecule has 0 bridgehead atoms. The van der Waals surface area contributed by atoms with Crippen molar-refractivity contribution in [1.82, 2.24) is 0 Å². The highest BCUT2D eigenvalue weighted by Crippen LogP contribution is 2.26. The van der Waals surface area contributed by atoms with Crippen molar-refractivity contribution in [3.8, 4) is 5.75 Å². The number of nitrogens with one attached hydrogen (secondary N) is 1. The second-order valence-corrected chi connectivity index (χ2v) is 6.42. The summed E-state index contributed by atoms with van der Waals surface area (Å²) in [5, 5.41) is 0. The van der Waals surface area contributed by atoms with Gasteiger partial charge in [-0.1, -0.05) is 12.1 Å². The van der Waals surface area contributed by atoms with Gasteiger partial charge >= 0.3 is 0 Å². The molecule has 1 N–H and O–H groups in total. The Hall–Kier alpha value is -1.60. The van der Waals surface area contributed by atoms with Gasteiger partial charge in [0.25, 0.3) is 10.0 Å². The van der Waals surface area contributed by atoms with Crippen LogP contribution in [0.1, 0.15) is 0 Å². The molecular formula is C13H11BrFNO3S. The summed E-state index contributed by atoms with van der Waals surface area (Å²) in [6.45, 7) is 0. The van der Waals surface area contributed by atoms with E-state index in [9.17, 15) is 12.8 Å². The van der Waals surface area contributed by atoms with Gasteiger partial charge in [0.05, 0.1) is 17.7 Å². The van der Waals surface area contributed by atoms with E-state index in [-0.39, 0.29) is 10.6 Å². The fraction of sp³-hybridized carbons (Fsp3) is 0.0769. The van der Waals surface area contributed by atoms with Crippen molar-refractivity contribution in [2.45, 2.75) is 4.90 Å². The summed E-state index contributed by atoms with van der Waals surface area (Å²) in [7, 11) is -2.54. The zero-order valence-electron chi connectivity index (χ0n) is 10.4. The van der Waals surface area contributed by atoms with Crippen molar-refractivity contribution in [2.75, 3.05) is 11.8 Å². The van der Waals surface area contributed by atoms with Crippen molar-refractivity contribution < 1.29 is 17.5 Å². The third kappa shape index (κ3) is 3.10. The lowest BCUT2D eigenvalue weighted by Crippen LogP contribution is -2.13. The largest absolute Gasteiger partial charge is 0.494 e. The first-order valence-electron chi connectivity index (χ1n) is 5.55. The molecule has 0 unspecified atom stereocenters. The SMILES string of the molecule is COc1cc(S(=O)(=O)Nc2ccccc2Br)ccc1F.